The van der Waals surface area contributed by atoms with Crippen LogP contribution in [0.5, 0.6) is 0 Å². The van der Waals surface area contributed by atoms with Crippen LogP contribution in [0.2, 0.25) is 0 Å². The maximum atomic E-state index is 12.5. The number of primary amides is 1. The maximum absolute atomic E-state index is 12.5. The molecule has 0 aromatic rings. The van der Waals surface area contributed by atoms with Crippen molar-refractivity contribution in [3.05, 3.63) is 0 Å². The smallest absolute Gasteiger partial charge is 0.305 e. The van der Waals surface area contributed by atoms with Crippen molar-refractivity contribution in [1.29, 1.82) is 0 Å². The zero-order valence-electron chi connectivity index (χ0n) is 17.0. The molecule has 0 unspecified atom stereocenters. The molecule has 0 spiro atoms. The molecule has 0 aromatic heterocycles. The Morgan fingerprint density at radius 2 is 1.38 bits per heavy atom. The lowest BCUT2D eigenvalue weighted by molar-refractivity contribution is -0.140. The fourth-order valence-corrected chi connectivity index (χ4v) is 2.26. The molecule has 166 valence electrons. The molecule has 0 aliphatic carbocycles. The molecule has 0 saturated carbocycles. The fraction of sp³-hybridized carbons (Fsp3) is 0.706. The molecule has 4 amide bonds. The number of carboxylic acids is 1. The molecule has 0 heterocycles. The van der Waals surface area contributed by atoms with E-state index >= 15 is 0 Å². The van der Waals surface area contributed by atoms with Gasteiger partial charge in [-0.25, -0.2) is 0 Å². The minimum Gasteiger partial charge on any atom is -0.481 e. The number of carbonyl (C=O) groups excluding carboxylic acids is 4. The van der Waals surface area contributed by atoms with Crippen LogP contribution in [-0.2, 0) is 24.0 Å². The molecule has 12 nitrogen and oxygen atoms in total. The quantitative estimate of drug-likeness (QED) is 0.175. The lowest BCUT2D eigenvalue weighted by Crippen LogP contribution is -2.58. The van der Waals surface area contributed by atoms with Crippen molar-refractivity contribution in [2.45, 2.75) is 70.8 Å². The van der Waals surface area contributed by atoms with Gasteiger partial charge in [0.05, 0.1) is 12.5 Å². The number of aliphatic carboxylic acids is 1. The molecule has 0 aliphatic rings. The number of carbonyl (C=O) groups is 5. The topological polar surface area (TPSA) is 214 Å². The molecule has 9 N–H and O–H groups in total. The number of nitrogens with two attached hydrogens (primary N) is 2. The Labute approximate surface area is 168 Å². The van der Waals surface area contributed by atoms with Gasteiger partial charge in [0.25, 0.3) is 0 Å². The third-order valence-electron chi connectivity index (χ3n) is 3.95. The number of amides is 4. The second-order valence-corrected chi connectivity index (χ2v) is 7.25. The van der Waals surface area contributed by atoms with Crippen LogP contribution in [0.15, 0.2) is 0 Å². The Hall–Kier alpha value is -2.73. The van der Waals surface area contributed by atoms with E-state index in [1.54, 1.807) is 13.8 Å². The van der Waals surface area contributed by atoms with E-state index in [4.69, 9.17) is 16.6 Å². The van der Waals surface area contributed by atoms with Gasteiger partial charge in [0.15, 0.2) is 0 Å². The van der Waals surface area contributed by atoms with Crippen LogP contribution in [0, 0.1) is 5.92 Å². The van der Waals surface area contributed by atoms with Crippen LogP contribution in [0.1, 0.15) is 40.5 Å². The zero-order chi connectivity index (χ0) is 22.9. The van der Waals surface area contributed by atoms with Crippen LogP contribution < -0.4 is 27.4 Å². The molecular formula is C17H31N5O7. The van der Waals surface area contributed by atoms with E-state index in [-0.39, 0.29) is 12.3 Å². The van der Waals surface area contributed by atoms with Gasteiger partial charge in [-0.15, -0.1) is 0 Å². The van der Waals surface area contributed by atoms with Gasteiger partial charge in [-0.2, -0.15) is 0 Å². The van der Waals surface area contributed by atoms with Gasteiger partial charge in [0, 0.05) is 0 Å². The first kappa shape index (κ1) is 26.3. The summed E-state index contributed by atoms with van der Waals surface area (Å²) in [6, 6.07) is -4.83. The van der Waals surface area contributed by atoms with Crippen molar-refractivity contribution in [3.63, 3.8) is 0 Å². The van der Waals surface area contributed by atoms with Crippen molar-refractivity contribution in [2.75, 3.05) is 0 Å². The van der Waals surface area contributed by atoms with Gasteiger partial charge < -0.3 is 37.6 Å². The van der Waals surface area contributed by atoms with Crippen molar-refractivity contribution < 1.29 is 34.2 Å². The van der Waals surface area contributed by atoms with E-state index in [0.717, 1.165) is 0 Å². The second kappa shape index (κ2) is 12.0. The first-order valence-corrected chi connectivity index (χ1v) is 9.12. The number of carboxylic acid groups (broad SMARTS) is 1. The standard InChI is InChI=1S/C17H31N5O7/c1-7(2)5-11(16(28)21-10(14(19)26)6-12(24)25)22-15(27)8(3)20-17(29)13(18)9(4)23/h7-11,13,23H,5-6,18H2,1-4H3,(H2,19,26)(H,20,29)(H,21,28)(H,22,27)(H,24,25)/t8-,9+,10-,11-,13-/m0/s1. The molecule has 0 saturated heterocycles. The highest BCUT2D eigenvalue weighted by atomic mass is 16.4. The minimum absolute atomic E-state index is 0.0360. The van der Waals surface area contributed by atoms with Gasteiger partial charge in [-0.05, 0) is 26.2 Å². The summed E-state index contributed by atoms with van der Waals surface area (Å²) in [5.74, 6) is -4.62. The first-order chi connectivity index (χ1) is 13.3. The van der Waals surface area contributed by atoms with Crippen LogP contribution in [0.3, 0.4) is 0 Å². The van der Waals surface area contributed by atoms with E-state index in [1.807, 2.05) is 0 Å². The molecule has 0 radical (unpaired) electrons. The molecule has 29 heavy (non-hydrogen) atoms. The summed E-state index contributed by atoms with van der Waals surface area (Å²) in [6.07, 6.45) is -1.64. The van der Waals surface area contributed by atoms with Crippen LogP contribution in [-0.4, -0.2) is 70.1 Å². The van der Waals surface area contributed by atoms with Crippen molar-refractivity contribution in [3.8, 4) is 0 Å². The summed E-state index contributed by atoms with van der Waals surface area (Å²) < 4.78 is 0. The van der Waals surface area contributed by atoms with Crippen molar-refractivity contribution in [2.24, 2.45) is 17.4 Å². The Balaban J connectivity index is 5.15. The SMILES string of the molecule is CC(C)C[C@H](NC(=O)[C@H](C)NC(=O)[C@@H](N)[C@@H](C)O)C(=O)N[C@@H](CC(=O)O)C(N)=O. The predicted octanol–water partition coefficient (Wildman–Crippen LogP) is -2.83. The third kappa shape index (κ3) is 9.85. The van der Waals surface area contributed by atoms with E-state index in [9.17, 15) is 29.1 Å². The largest absolute Gasteiger partial charge is 0.481 e. The lowest BCUT2D eigenvalue weighted by atomic mass is 10.0. The number of aliphatic hydroxyl groups excluding tert-OH is 1. The number of hydrogen-bond donors (Lipinski definition) is 7. The van der Waals surface area contributed by atoms with E-state index in [2.05, 4.69) is 16.0 Å². The first-order valence-electron chi connectivity index (χ1n) is 9.12. The van der Waals surface area contributed by atoms with Gasteiger partial charge in [0.2, 0.25) is 23.6 Å². The predicted molar refractivity (Wildman–Crippen MR) is 102 cm³/mol. The minimum atomic E-state index is -1.44. The van der Waals surface area contributed by atoms with E-state index < -0.39 is 66.3 Å². The zero-order valence-corrected chi connectivity index (χ0v) is 17.0. The number of nitrogens with one attached hydrogen (secondary N) is 3. The number of aliphatic hydroxyl groups is 1. The monoisotopic (exact) mass is 417 g/mol. The Bertz CT molecular complexity index is 623. The molecule has 0 rings (SSSR count). The van der Waals surface area contributed by atoms with Gasteiger partial charge >= 0.3 is 5.97 Å². The second-order valence-electron chi connectivity index (χ2n) is 7.25. The average molecular weight is 417 g/mol. The highest BCUT2D eigenvalue weighted by Crippen LogP contribution is 2.07. The Morgan fingerprint density at radius 3 is 1.79 bits per heavy atom. The summed E-state index contributed by atoms with van der Waals surface area (Å²) in [7, 11) is 0. The molecular weight excluding hydrogens is 386 g/mol. The highest BCUT2D eigenvalue weighted by molar-refractivity contribution is 5.95. The molecule has 0 aromatic carbocycles. The maximum Gasteiger partial charge on any atom is 0.305 e. The van der Waals surface area contributed by atoms with E-state index in [0.29, 0.717) is 0 Å². The molecule has 0 fully saturated rings. The number of rotatable bonds is 12. The van der Waals surface area contributed by atoms with Crippen molar-refractivity contribution >= 4 is 29.6 Å². The summed E-state index contributed by atoms with van der Waals surface area (Å²) >= 11 is 0. The molecule has 0 bridgehead atoms. The Morgan fingerprint density at radius 1 is 0.862 bits per heavy atom. The molecule has 5 atom stereocenters. The number of hydrogen-bond acceptors (Lipinski definition) is 7. The van der Waals surface area contributed by atoms with Gasteiger partial charge in [0.1, 0.15) is 24.2 Å². The summed E-state index contributed by atoms with van der Waals surface area (Å²) in [4.78, 5) is 58.9. The summed E-state index contributed by atoms with van der Waals surface area (Å²) in [6.45, 7) is 6.28. The third-order valence-corrected chi connectivity index (χ3v) is 3.95. The van der Waals surface area contributed by atoms with Crippen LogP contribution in [0.25, 0.3) is 0 Å². The summed E-state index contributed by atoms with van der Waals surface area (Å²) in [5.41, 5.74) is 10.6. The van der Waals surface area contributed by atoms with Gasteiger partial charge in [-0.1, -0.05) is 13.8 Å². The van der Waals surface area contributed by atoms with Gasteiger partial charge in [-0.3, -0.25) is 24.0 Å². The average Bonchev–Trinajstić information content (AvgIpc) is 2.58. The van der Waals surface area contributed by atoms with Crippen LogP contribution in [0.4, 0.5) is 0 Å². The lowest BCUT2D eigenvalue weighted by Gasteiger charge is -2.25. The highest BCUT2D eigenvalue weighted by Gasteiger charge is 2.30. The van der Waals surface area contributed by atoms with Crippen molar-refractivity contribution in [1.82, 2.24) is 16.0 Å². The summed E-state index contributed by atoms with van der Waals surface area (Å²) in [5, 5.41) is 25.1. The molecule has 0 aliphatic heterocycles. The molecule has 12 heteroatoms. The Kier molecular flexibility index (Phi) is 10.8. The van der Waals surface area contributed by atoms with E-state index in [1.165, 1.54) is 13.8 Å². The fourth-order valence-electron chi connectivity index (χ4n) is 2.26. The normalized spacial score (nSPS) is 16.1. The van der Waals surface area contributed by atoms with Crippen LogP contribution >= 0.6 is 0 Å².